The van der Waals surface area contributed by atoms with E-state index in [0.717, 1.165) is 49.3 Å². The van der Waals surface area contributed by atoms with Gasteiger partial charge in [-0.05, 0) is 50.5 Å². The molecular weight excluding hydrogens is 900 g/mol. The Kier molecular flexibility index (Phi) is 29.9. The average Bonchev–Trinajstić information content (AvgIpc) is 3.53. The number of aliphatic hydroxyl groups excluding tert-OH is 3. The lowest BCUT2D eigenvalue weighted by Gasteiger charge is -2.21. The molecule has 1 fully saturated rings. The fourth-order valence-electron chi connectivity index (χ4n) is 6.80. The summed E-state index contributed by atoms with van der Waals surface area (Å²) in [6, 6.07) is 1.24. The lowest BCUT2D eigenvalue weighted by molar-refractivity contribution is -0.161. The Balaban J connectivity index is 1.88. The maximum atomic E-state index is 12.8. The summed E-state index contributed by atoms with van der Waals surface area (Å²) in [5, 5.41) is 31.2. The summed E-state index contributed by atoms with van der Waals surface area (Å²) in [5.74, 6) is -0.822. The van der Waals surface area contributed by atoms with E-state index in [1.807, 2.05) is 12.2 Å². The Morgan fingerprint density at radius 1 is 0.833 bits per heavy atom. The highest BCUT2D eigenvalue weighted by Crippen LogP contribution is 2.60. The number of aromatic nitrogens is 2. The number of esters is 2. The van der Waals surface area contributed by atoms with Crippen molar-refractivity contribution >= 4 is 33.4 Å². The number of hydrogen-bond donors (Lipinski definition) is 6. The van der Waals surface area contributed by atoms with Gasteiger partial charge in [-0.25, -0.2) is 13.9 Å². The van der Waals surface area contributed by atoms with Crippen molar-refractivity contribution in [2.24, 2.45) is 5.92 Å². The maximum Gasteiger partial charge on any atom is 0.481 e. The summed E-state index contributed by atoms with van der Waals surface area (Å²) in [4.78, 5) is 61.7. The Labute approximate surface area is 390 Å². The van der Waals surface area contributed by atoms with E-state index in [4.69, 9.17) is 29.0 Å². The number of carbonyl (C=O) groups excluding carboxylic acids is 2. The van der Waals surface area contributed by atoms with Crippen LogP contribution in [-0.2, 0) is 46.3 Å². The van der Waals surface area contributed by atoms with Crippen molar-refractivity contribution in [3.05, 3.63) is 59.2 Å². The Morgan fingerprint density at radius 3 is 2.18 bits per heavy atom. The first-order valence-corrected chi connectivity index (χ1v) is 26.5. The van der Waals surface area contributed by atoms with E-state index in [1.165, 1.54) is 63.9 Å². The second-order valence-electron chi connectivity index (χ2n) is 16.9. The van der Waals surface area contributed by atoms with E-state index in [1.54, 1.807) is 12.2 Å². The molecule has 1 aromatic rings. The van der Waals surface area contributed by atoms with Crippen molar-refractivity contribution in [3.63, 3.8) is 0 Å². The molecule has 1 aromatic heterocycles. The van der Waals surface area contributed by atoms with Crippen LogP contribution in [0.5, 0.6) is 0 Å². The Morgan fingerprint density at radius 2 is 1.48 bits per heavy atom. The predicted octanol–water partition coefficient (Wildman–Crippen LogP) is 7.66. The molecule has 7 N–H and O–H groups in total. The standard InChI is InChI=1S/C45H77N3O16P2/c1-4-5-6-7-8-9-10-11-12-13-16-19-22-26-36(49)27-24-29-41(51)62-37(32-59-40(50)28-23-20-17-14-15-18-21-25-35(2)3)33-60-65(55,56)64-66(57,58)61-34-38-42(52)43(53)44(63-38)48-31-30-39(46)47-45(48)54/h11-12,16,19,22,26,30-31,35-38,42-44,49,52-53H,4-10,13-15,17-18,20-21,23-25,27-29,32-34H2,1-3H3,(H,55,56)(H,57,58)(H2,46,47,54)/b12-11+,19-16+,26-22+/t36?,37-,38-,42-,43-,44-/m1/s1. The van der Waals surface area contributed by atoms with Crippen molar-refractivity contribution in [2.45, 2.75) is 186 Å². The first-order valence-electron chi connectivity index (χ1n) is 23.5. The van der Waals surface area contributed by atoms with Gasteiger partial charge < -0.3 is 45.1 Å². The van der Waals surface area contributed by atoms with Crippen LogP contribution < -0.4 is 11.4 Å². The number of ether oxygens (including phenoxy) is 3. The number of unbranched alkanes of at least 4 members (excludes halogenated alkanes) is 12. The summed E-state index contributed by atoms with van der Waals surface area (Å²) < 4.78 is 56.4. The van der Waals surface area contributed by atoms with Gasteiger partial charge in [-0.3, -0.25) is 23.2 Å². The molecule has 19 nitrogen and oxygen atoms in total. The minimum Gasteiger partial charge on any atom is -0.462 e. The first-order chi connectivity index (χ1) is 31.4. The van der Waals surface area contributed by atoms with Gasteiger partial charge in [0.15, 0.2) is 12.3 Å². The topological polar surface area (TPSA) is 286 Å². The number of aliphatic hydroxyl groups is 3. The van der Waals surface area contributed by atoms with Gasteiger partial charge in [0.1, 0.15) is 30.7 Å². The number of allylic oxidation sites excluding steroid dienone is 5. The van der Waals surface area contributed by atoms with Gasteiger partial charge in [-0.2, -0.15) is 9.29 Å². The van der Waals surface area contributed by atoms with Crippen LogP contribution in [0.1, 0.15) is 155 Å². The third-order valence-electron chi connectivity index (χ3n) is 10.5. The van der Waals surface area contributed by atoms with E-state index in [0.29, 0.717) is 12.3 Å². The van der Waals surface area contributed by atoms with E-state index in [9.17, 15) is 48.6 Å². The predicted molar refractivity (Wildman–Crippen MR) is 249 cm³/mol. The van der Waals surface area contributed by atoms with E-state index >= 15 is 0 Å². The maximum absolute atomic E-state index is 12.8. The van der Waals surface area contributed by atoms with Gasteiger partial charge in [0.25, 0.3) is 0 Å². The summed E-state index contributed by atoms with van der Waals surface area (Å²) in [6.07, 6.45) is 21.6. The summed E-state index contributed by atoms with van der Waals surface area (Å²) in [5.41, 5.74) is 4.56. The molecule has 2 heterocycles. The van der Waals surface area contributed by atoms with Gasteiger partial charge in [0, 0.05) is 19.0 Å². The van der Waals surface area contributed by atoms with Gasteiger partial charge in [0.2, 0.25) is 0 Å². The van der Waals surface area contributed by atoms with Crippen molar-refractivity contribution in [2.75, 3.05) is 25.6 Å². The van der Waals surface area contributed by atoms with Gasteiger partial charge in [-0.15, -0.1) is 0 Å². The third-order valence-corrected chi connectivity index (χ3v) is 13.1. The Bertz CT molecular complexity index is 1780. The highest BCUT2D eigenvalue weighted by molar-refractivity contribution is 7.61. The molecule has 1 aliphatic rings. The summed E-state index contributed by atoms with van der Waals surface area (Å²) >= 11 is 0. The van der Waals surface area contributed by atoms with Crippen LogP contribution in [0.15, 0.2) is 53.5 Å². The summed E-state index contributed by atoms with van der Waals surface area (Å²) in [7, 11) is -10.9. The molecule has 1 saturated heterocycles. The van der Waals surface area contributed by atoms with E-state index in [2.05, 4.69) is 42.2 Å². The number of nitrogen functional groups attached to an aromatic ring is 1. The van der Waals surface area contributed by atoms with Crippen LogP contribution in [0.3, 0.4) is 0 Å². The van der Waals surface area contributed by atoms with E-state index in [-0.39, 0.29) is 31.5 Å². The molecule has 378 valence electrons. The molecular formula is C45H77N3O16P2. The molecule has 2 rings (SSSR count). The van der Waals surface area contributed by atoms with Gasteiger partial charge in [0.05, 0.1) is 19.3 Å². The first kappa shape index (κ1) is 59.1. The van der Waals surface area contributed by atoms with Crippen LogP contribution in [0.4, 0.5) is 5.82 Å². The number of phosphoric ester groups is 2. The molecule has 21 heteroatoms. The number of carbonyl (C=O) groups is 2. The molecule has 1 aliphatic heterocycles. The second kappa shape index (κ2) is 33.4. The molecule has 0 bridgehead atoms. The smallest absolute Gasteiger partial charge is 0.462 e. The van der Waals surface area contributed by atoms with Crippen LogP contribution >= 0.6 is 15.6 Å². The second-order valence-corrected chi connectivity index (χ2v) is 20.0. The number of phosphoric acid groups is 2. The van der Waals surface area contributed by atoms with Crippen LogP contribution in [0, 0.1) is 5.92 Å². The minimum absolute atomic E-state index is 0.0862. The number of nitrogens with zero attached hydrogens (tertiary/aromatic N) is 2. The third kappa shape index (κ3) is 27.1. The fourth-order valence-corrected chi connectivity index (χ4v) is 8.91. The van der Waals surface area contributed by atoms with Crippen molar-refractivity contribution in [1.29, 1.82) is 0 Å². The number of hydrogen-bond acceptors (Lipinski definition) is 16. The van der Waals surface area contributed by atoms with Gasteiger partial charge in [-0.1, -0.05) is 134 Å². The van der Waals surface area contributed by atoms with Crippen molar-refractivity contribution in [1.82, 2.24) is 9.55 Å². The molecule has 0 aromatic carbocycles. The highest BCUT2D eigenvalue weighted by atomic mass is 31.3. The zero-order valence-corrected chi connectivity index (χ0v) is 40.8. The lowest BCUT2D eigenvalue weighted by atomic mass is 10.0. The number of anilines is 1. The van der Waals surface area contributed by atoms with Gasteiger partial charge >= 0.3 is 33.3 Å². The molecule has 3 unspecified atom stereocenters. The Hall–Kier alpha value is -3.06. The quantitative estimate of drug-likeness (QED) is 0.0123. The van der Waals surface area contributed by atoms with Crippen LogP contribution in [0.2, 0.25) is 0 Å². The normalized spacial score (nSPS) is 20.6. The lowest BCUT2D eigenvalue weighted by Crippen LogP contribution is -2.36. The monoisotopic (exact) mass is 977 g/mol. The molecule has 66 heavy (non-hydrogen) atoms. The molecule has 0 saturated carbocycles. The zero-order valence-electron chi connectivity index (χ0n) is 39.0. The summed E-state index contributed by atoms with van der Waals surface area (Å²) in [6.45, 7) is 4.15. The molecule has 0 amide bonds. The molecule has 0 spiro atoms. The molecule has 0 radical (unpaired) electrons. The largest absolute Gasteiger partial charge is 0.481 e. The van der Waals surface area contributed by atoms with E-state index < -0.39 is 89.8 Å². The number of nitrogens with two attached hydrogens (primary N) is 1. The number of rotatable bonds is 37. The zero-order chi connectivity index (χ0) is 48.8. The van der Waals surface area contributed by atoms with Crippen molar-refractivity contribution < 1.29 is 71.4 Å². The molecule has 0 aliphatic carbocycles. The average molecular weight is 978 g/mol. The minimum atomic E-state index is -5.46. The van der Waals surface area contributed by atoms with Crippen LogP contribution in [-0.4, -0.2) is 96.9 Å². The molecule has 8 atom stereocenters. The van der Waals surface area contributed by atoms with Crippen molar-refractivity contribution in [3.8, 4) is 0 Å². The fraction of sp³-hybridized carbons (Fsp3) is 0.733. The SMILES string of the molecule is CCCCCCCC/C=C/C/C=C/C=C/C(O)CCCC(=O)O[C@H](COC(=O)CCCCCCCCCC(C)C)COP(=O)(O)OP(=O)(O)OC[C@H]1O[C@@H](n2ccc(N)nc2=O)[C@H](O)[C@@H]1O. The highest BCUT2D eigenvalue weighted by Gasteiger charge is 2.46. The van der Waals surface area contributed by atoms with Crippen LogP contribution in [0.25, 0.3) is 0 Å².